The first kappa shape index (κ1) is 23.7. The van der Waals surface area contributed by atoms with E-state index < -0.39 is 0 Å². The highest BCUT2D eigenvalue weighted by Gasteiger charge is 2.25. The lowest BCUT2D eigenvalue weighted by Crippen LogP contribution is -2.34. The molecular formula is C24H28N4O5S. The summed E-state index contributed by atoms with van der Waals surface area (Å²) in [7, 11) is 1.57. The van der Waals surface area contributed by atoms with Crippen molar-refractivity contribution < 1.29 is 19.1 Å². The van der Waals surface area contributed by atoms with Gasteiger partial charge in [0, 0.05) is 31.8 Å². The normalized spacial score (nSPS) is 12.5. The van der Waals surface area contributed by atoms with E-state index in [-0.39, 0.29) is 23.9 Å². The Balaban J connectivity index is 1.49. The monoisotopic (exact) mass is 484 g/mol. The SMILES string of the molecule is CCOc1ccc(NC(=O)CN(C)C(=O)c2sc3nc4n(c(=O)c3c2C)CCC4)cc1OCC. The molecule has 0 fully saturated rings. The van der Waals surface area contributed by atoms with Crippen LogP contribution in [0.4, 0.5) is 5.69 Å². The van der Waals surface area contributed by atoms with Crippen molar-refractivity contribution in [3.05, 3.63) is 44.8 Å². The number of amides is 2. The van der Waals surface area contributed by atoms with E-state index in [1.165, 1.54) is 16.2 Å². The van der Waals surface area contributed by atoms with Crippen molar-refractivity contribution in [2.75, 3.05) is 32.1 Å². The number of ether oxygens (including phenoxy) is 2. The van der Waals surface area contributed by atoms with Gasteiger partial charge >= 0.3 is 0 Å². The molecule has 2 amide bonds. The average Bonchev–Trinajstić information content (AvgIpc) is 3.40. The highest BCUT2D eigenvalue weighted by molar-refractivity contribution is 7.20. The first-order valence-electron chi connectivity index (χ1n) is 11.3. The molecule has 1 aliphatic rings. The third-order valence-electron chi connectivity index (χ3n) is 5.66. The molecule has 0 atom stereocenters. The molecule has 0 saturated heterocycles. The lowest BCUT2D eigenvalue weighted by Gasteiger charge is -2.17. The third kappa shape index (κ3) is 4.50. The van der Waals surface area contributed by atoms with E-state index in [9.17, 15) is 14.4 Å². The molecule has 0 radical (unpaired) electrons. The van der Waals surface area contributed by atoms with Gasteiger partial charge in [-0.25, -0.2) is 4.98 Å². The summed E-state index contributed by atoms with van der Waals surface area (Å²) in [5.41, 5.74) is 1.07. The fraction of sp³-hybridized carbons (Fsp3) is 0.417. The van der Waals surface area contributed by atoms with Crippen LogP contribution in [0.1, 0.15) is 41.3 Å². The number of thiophene rings is 1. The van der Waals surface area contributed by atoms with Crippen molar-refractivity contribution in [1.82, 2.24) is 14.5 Å². The van der Waals surface area contributed by atoms with Gasteiger partial charge in [0.05, 0.1) is 30.0 Å². The van der Waals surface area contributed by atoms with Crippen molar-refractivity contribution in [3.8, 4) is 11.5 Å². The molecule has 1 N–H and O–H groups in total. The largest absolute Gasteiger partial charge is 0.490 e. The molecule has 3 heterocycles. The van der Waals surface area contributed by atoms with Crippen LogP contribution in [-0.4, -0.2) is 53.1 Å². The maximum atomic E-state index is 13.1. The van der Waals surface area contributed by atoms with Gasteiger partial charge in [0.15, 0.2) is 11.5 Å². The Morgan fingerprint density at radius 2 is 1.94 bits per heavy atom. The predicted molar refractivity (Wildman–Crippen MR) is 131 cm³/mol. The molecule has 0 spiro atoms. The molecule has 4 rings (SSSR count). The number of benzene rings is 1. The smallest absolute Gasteiger partial charge is 0.264 e. The maximum absolute atomic E-state index is 13.1. The number of hydrogen-bond acceptors (Lipinski definition) is 7. The summed E-state index contributed by atoms with van der Waals surface area (Å²) in [5.74, 6) is 1.25. The van der Waals surface area contributed by atoms with Crippen LogP contribution in [-0.2, 0) is 17.8 Å². The van der Waals surface area contributed by atoms with E-state index in [0.29, 0.717) is 57.6 Å². The highest BCUT2D eigenvalue weighted by atomic mass is 32.1. The van der Waals surface area contributed by atoms with Crippen molar-refractivity contribution in [2.24, 2.45) is 0 Å². The number of aromatic nitrogens is 2. The van der Waals surface area contributed by atoms with E-state index in [1.807, 2.05) is 13.8 Å². The van der Waals surface area contributed by atoms with Crippen LogP contribution in [0, 0.1) is 6.92 Å². The number of fused-ring (bicyclic) bond motifs is 2. The zero-order valence-corrected chi connectivity index (χ0v) is 20.6. The molecule has 180 valence electrons. The molecule has 2 aromatic heterocycles. The standard InChI is InChI=1S/C24H28N4O5S/c1-5-32-16-10-9-15(12-17(16)33-6-2)25-19(29)13-27(4)24(31)21-14(3)20-22(34-21)26-18-8-7-11-28(18)23(20)30/h9-10,12H,5-8,11,13H2,1-4H3,(H,25,29). The zero-order valence-electron chi connectivity index (χ0n) is 19.8. The summed E-state index contributed by atoms with van der Waals surface area (Å²) in [6, 6.07) is 5.16. The Morgan fingerprint density at radius 3 is 2.68 bits per heavy atom. The molecule has 0 unspecified atom stereocenters. The molecule has 10 heteroatoms. The molecule has 0 saturated carbocycles. The lowest BCUT2D eigenvalue weighted by molar-refractivity contribution is -0.116. The topological polar surface area (TPSA) is 103 Å². The number of nitrogens with one attached hydrogen (secondary N) is 1. The van der Waals surface area contributed by atoms with Gasteiger partial charge in [-0.05, 0) is 44.9 Å². The fourth-order valence-corrected chi connectivity index (χ4v) is 5.25. The average molecular weight is 485 g/mol. The quantitative estimate of drug-likeness (QED) is 0.527. The van der Waals surface area contributed by atoms with Gasteiger partial charge in [-0.3, -0.25) is 19.0 Å². The number of carbonyl (C=O) groups excluding carboxylic acids is 2. The maximum Gasteiger partial charge on any atom is 0.264 e. The molecule has 0 aliphatic carbocycles. The molecule has 9 nitrogen and oxygen atoms in total. The van der Waals surface area contributed by atoms with Crippen molar-refractivity contribution >= 4 is 39.1 Å². The van der Waals surface area contributed by atoms with Crippen LogP contribution in [0.2, 0.25) is 0 Å². The van der Waals surface area contributed by atoms with Crippen LogP contribution in [0.3, 0.4) is 0 Å². The van der Waals surface area contributed by atoms with E-state index in [0.717, 1.165) is 18.7 Å². The van der Waals surface area contributed by atoms with Gasteiger partial charge in [0.2, 0.25) is 5.91 Å². The van der Waals surface area contributed by atoms with Crippen LogP contribution in [0.5, 0.6) is 11.5 Å². The minimum atomic E-state index is -0.349. The van der Waals surface area contributed by atoms with Gasteiger partial charge in [0.25, 0.3) is 11.5 Å². The van der Waals surface area contributed by atoms with E-state index in [1.54, 1.807) is 36.7 Å². The Morgan fingerprint density at radius 1 is 1.21 bits per heavy atom. The number of rotatable bonds is 8. The fourth-order valence-electron chi connectivity index (χ4n) is 4.07. The lowest BCUT2D eigenvalue weighted by atomic mass is 10.2. The molecular weight excluding hydrogens is 456 g/mol. The van der Waals surface area contributed by atoms with Crippen LogP contribution in [0.25, 0.3) is 10.2 Å². The van der Waals surface area contributed by atoms with E-state index in [2.05, 4.69) is 10.3 Å². The van der Waals surface area contributed by atoms with Crippen molar-refractivity contribution in [2.45, 2.75) is 40.2 Å². The number of nitrogens with zero attached hydrogens (tertiary/aromatic N) is 3. The Labute approximate surface area is 201 Å². The first-order valence-corrected chi connectivity index (χ1v) is 12.1. The van der Waals surface area contributed by atoms with Crippen molar-refractivity contribution in [3.63, 3.8) is 0 Å². The highest BCUT2D eigenvalue weighted by Crippen LogP contribution is 2.31. The van der Waals surface area contributed by atoms with Crippen LogP contribution in [0.15, 0.2) is 23.0 Å². The number of likely N-dealkylation sites (N-methyl/N-ethyl adjacent to an activating group) is 1. The van der Waals surface area contributed by atoms with Gasteiger partial charge in [-0.15, -0.1) is 11.3 Å². The predicted octanol–water partition coefficient (Wildman–Crippen LogP) is 3.22. The number of aryl methyl sites for hydroxylation is 2. The molecule has 34 heavy (non-hydrogen) atoms. The van der Waals surface area contributed by atoms with E-state index in [4.69, 9.17) is 9.47 Å². The summed E-state index contributed by atoms with van der Waals surface area (Å²) in [6.07, 6.45) is 1.67. The number of carbonyl (C=O) groups is 2. The van der Waals surface area contributed by atoms with Gasteiger partial charge in [-0.1, -0.05) is 0 Å². The summed E-state index contributed by atoms with van der Waals surface area (Å²) < 4.78 is 12.8. The summed E-state index contributed by atoms with van der Waals surface area (Å²) in [4.78, 5) is 45.6. The minimum absolute atomic E-state index is 0.0914. The Kier molecular flexibility index (Phi) is 6.87. The number of anilines is 1. The van der Waals surface area contributed by atoms with Gasteiger partial charge in [-0.2, -0.15) is 0 Å². The molecule has 1 aliphatic heterocycles. The summed E-state index contributed by atoms with van der Waals surface area (Å²) >= 11 is 1.21. The summed E-state index contributed by atoms with van der Waals surface area (Å²) in [5, 5.41) is 3.29. The second-order valence-electron chi connectivity index (χ2n) is 8.06. The van der Waals surface area contributed by atoms with Gasteiger partial charge in [0.1, 0.15) is 10.7 Å². The second-order valence-corrected chi connectivity index (χ2v) is 9.06. The Bertz CT molecular complexity index is 1310. The van der Waals surface area contributed by atoms with Crippen LogP contribution < -0.4 is 20.3 Å². The van der Waals surface area contributed by atoms with Crippen molar-refractivity contribution in [1.29, 1.82) is 0 Å². The van der Waals surface area contributed by atoms with Gasteiger partial charge < -0.3 is 19.7 Å². The molecule has 1 aromatic carbocycles. The third-order valence-corrected chi connectivity index (χ3v) is 6.83. The minimum Gasteiger partial charge on any atom is -0.490 e. The number of hydrogen-bond donors (Lipinski definition) is 1. The zero-order chi connectivity index (χ0) is 24.4. The Hall–Kier alpha value is -3.40. The van der Waals surface area contributed by atoms with E-state index >= 15 is 0 Å². The molecule has 0 bridgehead atoms. The first-order chi connectivity index (χ1) is 16.3. The summed E-state index contributed by atoms with van der Waals surface area (Å²) in [6.45, 7) is 7.00. The van der Waals surface area contributed by atoms with Crippen LogP contribution >= 0.6 is 11.3 Å². The molecule has 3 aromatic rings. The second kappa shape index (κ2) is 9.84.